The summed E-state index contributed by atoms with van der Waals surface area (Å²) in [6.45, 7) is 13.9. The number of halogens is 1. The number of rotatable bonds is 8. The first-order chi connectivity index (χ1) is 27.2. The molecule has 1 aliphatic carbocycles. The number of nitrogens with zero attached hydrogens (tertiary/aromatic N) is 7. The summed E-state index contributed by atoms with van der Waals surface area (Å²) in [4.78, 5) is 59.6. The van der Waals surface area contributed by atoms with Crippen LogP contribution in [0.1, 0.15) is 85.4 Å². The van der Waals surface area contributed by atoms with Crippen LogP contribution in [0.2, 0.25) is 5.02 Å². The molecule has 1 atom stereocenters. The van der Waals surface area contributed by atoms with Crippen LogP contribution >= 0.6 is 11.6 Å². The van der Waals surface area contributed by atoms with Crippen molar-refractivity contribution in [3.63, 3.8) is 0 Å². The number of fused-ring (bicyclic) bond motifs is 1. The van der Waals surface area contributed by atoms with E-state index in [1.165, 1.54) is 0 Å². The molecule has 8 rings (SSSR count). The highest BCUT2D eigenvalue weighted by Gasteiger charge is 2.64. The molecule has 0 radical (unpaired) electrons. The summed E-state index contributed by atoms with van der Waals surface area (Å²) >= 11 is 6.24. The van der Waals surface area contributed by atoms with Gasteiger partial charge in [0, 0.05) is 92.5 Å². The molecule has 15 heteroatoms. The maximum Gasteiger partial charge on any atom is 0.272 e. The van der Waals surface area contributed by atoms with E-state index in [-0.39, 0.29) is 42.0 Å². The molecule has 1 saturated carbocycles. The minimum Gasteiger partial charge on any atom is -0.489 e. The van der Waals surface area contributed by atoms with Crippen LogP contribution in [0.4, 0.5) is 11.5 Å². The molecule has 4 amide bonds. The number of aromatic nitrogens is 2. The Morgan fingerprint density at radius 2 is 1.65 bits per heavy atom. The summed E-state index contributed by atoms with van der Waals surface area (Å²) in [5.74, 6) is 0.232. The van der Waals surface area contributed by atoms with Crippen molar-refractivity contribution in [2.75, 3.05) is 49.1 Å². The maximum absolute atomic E-state index is 13.4. The number of hydrogen-bond acceptors (Lipinski definition) is 11. The Kier molecular flexibility index (Phi) is 10.1. The second-order valence-electron chi connectivity index (χ2n) is 17.1. The van der Waals surface area contributed by atoms with Crippen molar-refractivity contribution in [1.82, 2.24) is 30.6 Å². The van der Waals surface area contributed by atoms with Crippen molar-refractivity contribution in [2.24, 2.45) is 10.8 Å². The molecule has 2 N–H and O–H groups in total. The fourth-order valence-corrected chi connectivity index (χ4v) is 10.2. The molecule has 298 valence electrons. The van der Waals surface area contributed by atoms with Crippen LogP contribution in [0.3, 0.4) is 0 Å². The Hall–Kier alpha value is -5.26. The van der Waals surface area contributed by atoms with Gasteiger partial charge in [0.1, 0.15) is 24.0 Å². The summed E-state index contributed by atoms with van der Waals surface area (Å²) in [5.41, 5.74) is 2.44. The summed E-state index contributed by atoms with van der Waals surface area (Å²) < 4.78 is 6.36. The molecule has 3 saturated heterocycles. The van der Waals surface area contributed by atoms with Crippen LogP contribution < -0.4 is 25.2 Å². The number of carbonyl (C=O) groups excluding carboxylic acids is 4. The Morgan fingerprint density at radius 1 is 0.912 bits per heavy atom. The van der Waals surface area contributed by atoms with Crippen molar-refractivity contribution < 1.29 is 23.9 Å². The Balaban J connectivity index is 0.803. The molecule has 14 nitrogen and oxygen atoms in total. The topological polar surface area (TPSA) is 164 Å². The van der Waals surface area contributed by atoms with E-state index in [2.05, 4.69) is 75.4 Å². The molecule has 5 aliphatic rings. The van der Waals surface area contributed by atoms with Crippen molar-refractivity contribution in [3.05, 3.63) is 75.9 Å². The van der Waals surface area contributed by atoms with Gasteiger partial charge in [-0.2, -0.15) is 5.26 Å². The van der Waals surface area contributed by atoms with Gasteiger partial charge in [-0.15, -0.1) is 10.2 Å². The number of amides is 4. The van der Waals surface area contributed by atoms with E-state index >= 15 is 0 Å². The van der Waals surface area contributed by atoms with Crippen molar-refractivity contribution in [1.29, 1.82) is 5.26 Å². The summed E-state index contributed by atoms with van der Waals surface area (Å²) in [6, 6.07) is 16.4. The molecule has 1 unspecified atom stereocenters. The summed E-state index contributed by atoms with van der Waals surface area (Å²) in [5, 5.41) is 23.9. The van der Waals surface area contributed by atoms with E-state index < -0.39 is 22.8 Å². The lowest BCUT2D eigenvalue weighted by molar-refractivity contribution is -0.164. The standard InChI is InChI=1S/C42H48ClN9O5/c1-41(2)39(42(3,4)40(41)57-29-8-6-25(23-44)31(43)22-29)46-36(54)32-9-11-34(48-47-32)51-15-13-27(14-16-51)49-17-19-50(20-18-49)28-7-5-26-24-52(38(56)30(26)21-28)33-10-12-35(53)45-37(33)55/h5-9,11,21-22,27,33,39-40H,10,12-20,24H2,1-4H3,(H,46,54)(H,45,53,55). The molecule has 4 fully saturated rings. The van der Waals surface area contributed by atoms with Gasteiger partial charge in [0.25, 0.3) is 11.8 Å². The van der Waals surface area contributed by atoms with Gasteiger partial charge >= 0.3 is 0 Å². The average molecular weight is 794 g/mol. The minimum atomic E-state index is -0.614. The Morgan fingerprint density at radius 3 is 2.30 bits per heavy atom. The van der Waals surface area contributed by atoms with Crippen LogP contribution in [-0.4, -0.2) is 107 Å². The molecular formula is C42H48ClN9O5. The van der Waals surface area contributed by atoms with Crippen molar-refractivity contribution >= 4 is 46.7 Å². The number of nitrogens with one attached hydrogen (secondary N) is 2. The zero-order valence-electron chi connectivity index (χ0n) is 32.8. The van der Waals surface area contributed by atoms with Gasteiger partial charge < -0.3 is 24.8 Å². The lowest BCUT2D eigenvalue weighted by Crippen LogP contribution is -2.74. The largest absolute Gasteiger partial charge is 0.489 e. The van der Waals surface area contributed by atoms with Crippen LogP contribution in [0, 0.1) is 22.2 Å². The van der Waals surface area contributed by atoms with E-state index in [4.69, 9.17) is 16.3 Å². The maximum atomic E-state index is 13.4. The molecule has 0 spiro atoms. The molecule has 5 heterocycles. The number of hydrogen-bond donors (Lipinski definition) is 2. The van der Waals surface area contributed by atoms with Gasteiger partial charge in [-0.1, -0.05) is 45.4 Å². The van der Waals surface area contributed by atoms with Gasteiger partial charge in [0.15, 0.2) is 11.5 Å². The van der Waals surface area contributed by atoms with E-state index in [0.717, 1.165) is 69.2 Å². The third-order valence-corrected chi connectivity index (χ3v) is 13.1. The predicted molar refractivity (Wildman–Crippen MR) is 213 cm³/mol. The van der Waals surface area contributed by atoms with Gasteiger partial charge in [0.2, 0.25) is 11.8 Å². The van der Waals surface area contributed by atoms with Crippen LogP contribution in [0.25, 0.3) is 0 Å². The molecule has 1 aromatic heterocycles. The third-order valence-electron chi connectivity index (χ3n) is 12.8. The first kappa shape index (κ1) is 38.6. The molecule has 57 heavy (non-hydrogen) atoms. The molecule has 3 aromatic rings. The average Bonchev–Trinajstić information content (AvgIpc) is 3.53. The highest BCUT2D eigenvalue weighted by atomic mass is 35.5. The number of ether oxygens (including phenoxy) is 1. The van der Waals surface area contributed by atoms with Crippen LogP contribution in [-0.2, 0) is 16.1 Å². The zero-order valence-corrected chi connectivity index (χ0v) is 33.5. The fraction of sp³-hybridized carbons (Fsp3) is 0.500. The number of benzene rings is 2. The van der Waals surface area contributed by atoms with Crippen LogP contribution in [0.15, 0.2) is 48.5 Å². The zero-order chi connectivity index (χ0) is 40.2. The van der Waals surface area contributed by atoms with Crippen molar-refractivity contribution in [3.8, 4) is 11.8 Å². The number of carbonyl (C=O) groups is 4. The van der Waals surface area contributed by atoms with Gasteiger partial charge in [-0.25, -0.2) is 0 Å². The first-order valence-corrected chi connectivity index (χ1v) is 20.1. The minimum absolute atomic E-state index is 0.149. The number of imide groups is 1. The summed E-state index contributed by atoms with van der Waals surface area (Å²) in [6.07, 6.45) is 2.38. The predicted octanol–water partition coefficient (Wildman–Crippen LogP) is 4.17. The van der Waals surface area contributed by atoms with Gasteiger partial charge in [-0.3, -0.25) is 29.4 Å². The highest BCUT2D eigenvalue weighted by Crippen LogP contribution is 2.55. The van der Waals surface area contributed by atoms with Gasteiger partial charge in [0.05, 0.1) is 10.6 Å². The molecular weight excluding hydrogens is 746 g/mol. The van der Waals surface area contributed by atoms with Crippen molar-refractivity contribution in [2.45, 2.75) is 84.2 Å². The molecule has 2 aromatic carbocycles. The lowest BCUT2D eigenvalue weighted by Gasteiger charge is -2.63. The highest BCUT2D eigenvalue weighted by molar-refractivity contribution is 6.31. The van der Waals surface area contributed by atoms with E-state index in [0.29, 0.717) is 40.9 Å². The quantitative estimate of drug-likeness (QED) is 0.315. The SMILES string of the molecule is CC1(C)C(NC(=O)c2ccc(N3CCC(N4CCN(c5ccc6c(c5)C(=O)N(C5CCC(=O)NC5=O)C6)CC4)CC3)nn2)C(C)(C)C1Oc1ccc(C#N)c(Cl)c1. The molecule has 0 bridgehead atoms. The number of piperazine rings is 1. The Labute approximate surface area is 337 Å². The lowest BCUT2D eigenvalue weighted by atomic mass is 9.49. The van der Waals surface area contributed by atoms with E-state index in [1.807, 2.05) is 18.2 Å². The Bertz CT molecular complexity index is 2120. The van der Waals surface area contributed by atoms with Crippen LogP contribution in [0.5, 0.6) is 5.75 Å². The first-order valence-electron chi connectivity index (χ1n) is 19.8. The molecule has 4 aliphatic heterocycles. The smallest absolute Gasteiger partial charge is 0.272 e. The second kappa shape index (κ2) is 14.9. The number of anilines is 2. The van der Waals surface area contributed by atoms with Gasteiger partial charge in [-0.05, 0) is 61.2 Å². The van der Waals surface area contributed by atoms with E-state index in [1.54, 1.807) is 29.2 Å². The summed E-state index contributed by atoms with van der Waals surface area (Å²) in [7, 11) is 0. The second-order valence-corrected chi connectivity index (χ2v) is 17.5. The normalized spacial score (nSPS) is 24.7. The third kappa shape index (κ3) is 7.16. The fourth-order valence-electron chi connectivity index (χ4n) is 9.96. The van der Waals surface area contributed by atoms with E-state index in [9.17, 15) is 24.4 Å². The number of piperidine rings is 2. The monoisotopic (exact) mass is 793 g/mol. The number of nitriles is 1.